The Morgan fingerprint density at radius 2 is 1.56 bits per heavy atom. The molecule has 0 spiro atoms. The second-order valence-corrected chi connectivity index (χ2v) is 7.75. The molecule has 0 aromatic rings. The van der Waals surface area contributed by atoms with Crippen molar-refractivity contribution in [1.29, 1.82) is 0 Å². The number of rotatable bonds is 3. The van der Waals surface area contributed by atoms with Crippen LogP contribution in [0.25, 0.3) is 0 Å². The first-order chi connectivity index (χ1) is 8.34. The molecule has 0 atom stereocenters. The monoisotopic (exact) mass is 274 g/mol. The number of hydrogen-bond donors (Lipinski definition) is 1. The molecule has 0 amide bonds. The summed E-state index contributed by atoms with van der Waals surface area (Å²) in [6.45, 7) is 0. The topological polar surface area (TPSA) is 80.7 Å². The van der Waals surface area contributed by atoms with Gasteiger partial charge in [-0.2, -0.15) is 8.42 Å². The average Bonchev–Trinajstić information content (AvgIpc) is 2.09. The smallest absolute Gasteiger partial charge is 0.324 e. The summed E-state index contributed by atoms with van der Waals surface area (Å²) < 4.78 is 35.5. The molecule has 4 fully saturated rings. The van der Waals surface area contributed by atoms with E-state index in [1.54, 1.807) is 0 Å². The lowest BCUT2D eigenvalue weighted by Gasteiger charge is -2.55. The van der Waals surface area contributed by atoms with Crippen LogP contribution in [0, 0.1) is 17.8 Å². The summed E-state index contributed by atoms with van der Waals surface area (Å²) in [5.41, 5.74) is -0.434. The Hall–Kier alpha value is -0.620. The van der Waals surface area contributed by atoms with E-state index in [1.807, 2.05) is 0 Å². The van der Waals surface area contributed by atoms with Gasteiger partial charge in [0.1, 0.15) is 5.60 Å². The number of carbonyl (C=O) groups excluding carboxylic acids is 1. The van der Waals surface area contributed by atoms with Gasteiger partial charge in [0, 0.05) is 0 Å². The van der Waals surface area contributed by atoms with Crippen LogP contribution >= 0.6 is 0 Å². The minimum Gasteiger partial charge on any atom is -0.458 e. The fourth-order valence-corrected chi connectivity index (χ4v) is 4.93. The Kier molecular flexibility index (Phi) is 2.71. The molecule has 0 heterocycles. The summed E-state index contributed by atoms with van der Waals surface area (Å²) in [4.78, 5) is 11.6. The lowest BCUT2D eigenvalue weighted by molar-refractivity contribution is -0.183. The van der Waals surface area contributed by atoms with Crippen molar-refractivity contribution < 1.29 is 22.5 Å². The quantitative estimate of drug-likeness (QED) is 0.621. The van der Waals surface area contributed by atoms with Crippen LogP contribution < -0.4 is 0 Å². The van der Waals surface area contributed by atoms with Gasteiger partial charge in [0.25, 0.3) is 10.1 Å². The van der Waals surface area contributed by atoms with Gasteiger partial charge < -0.3 is 4.74 Å². The highest BCUT2D eigenvalue weighted by Gasteiger charge is 2.53. The molecule has 4 rings (SSSR count). The zero-order valence-corrected chi connectivity index (χ0v) is 11.0. The van der Waals surface area contributed by atoms with Crippen LogP contribution in [-0.2, 0) is 19.6 Å². The third kappa shape index (κ3) is 2.40. The van der Waals surface area contributed by atoms with Gasteiger partial charge in [0.15, 0.2) is 5.75 Å². The first-order valence-corrected chi connectivity index (χ1v) is 8.11. The summed E-state index contributed by atoms with van der Waals surface area (Å²) in [6.07, 6.45) is 6.31. The van der Waals surface area contributed by atoms with E-state index in [0.29, 0.717) is 17.8 Å². The van der Waals surface area contributed by atoms with Gasteiger partial charge in [-0.15, -0.1) is 0 Å². The molecule has 0 unspecified atom stereocenters. The highest BCUT2D eigenvalue weighted by molar-refractivity contribution is 7.86. The number of hydrogen-bond acceptors (Lipinski definition) is 4. The fourth-order valence-electron chi connectivity index (χ4n) is 4.58. The van der Waals surface area contributed by atoms with Gasteiger partial charge in [-0.3, -0.25) is 9.35 Å². The molecule has 0 aromatic heterocycles. The lowest BCUT2D eigenvalue weighted by Crippen LogP contribution is -2.53. The summed E-state index contributed by atoms with van der Waals surface area (Å²) in [5.74, 6) is 0.174. The van der Waals surface area contributed by atoms with Crippen molar-refractivity contribution in [2.24, 2.45) is 17.8 Å². The Bertz CT molecular complexity index is 432. The Balaban J connectivity index is 1.71. The van der Waals surface area contributed by atoms with E-state index >= 15 is 0 Å². The standard InChI is InChI=1S/C12H18O5S/c13-11(7-18(14,15)16)17-12-4-8-1-9(5-12)3-10(2-8)6-12/h8-10H,1-7H2,(H,14,15,16). The van der Waals surface area contributed by atoms with Crippen molar-refractivity contribution in [3.8, 4) is 0 Å². The van der Waals surface area contributed by atoms with Crippen molar-refractivity contribution in [3.63, 3.8) is 0 Å². The van der Waals surface area contributed by atoms with Crippen molar-refractivity contribution in [3.05, 3.63) is 0 Å². The molecule has 4 aliphatic carbocycles. The lowest BCUT2D eigenvalue weighted by atomic mass is 9.54. The van der Waals surface area contributed by atoms with Gasteiger partial charge in [-0.05, 0) is 56.3 Å². The molecular formula is C12H18O5S. The van der Waals surface area contributed by atoms with Gasteiger partial charge in [0.05, 0.1) is 0 Å². The van der Waals surface area contributed by atoms with E-state index in [9.17, 15) is 13.2 Å². The predicted octanol–water partition coefficient (Wildman–Crippen LogP) is 1.39. The number of ether oxygens (including phenoxy) is 1. The van der Waals surface area contributed by atoms with Crippen LogP contribution in [0.1, 0.15) is 38.5 Å². The van der Waals surface area contributed by atoms with Gasteiger partial charge in [-0.1, -0.05) is 0 Å². The Morgan fingerprint density at radius 1 is 1.11 bits per heavy atom. The summed E-state index contributed by atoms with van der Waals surface area (Å²) in [6, 6.07) is 0. The minimum atomic E-state index is -4.28. The number of carbonyl (C=O) groups is 1. The second-order valence-electron chi connectivity index (χ2n) is 6.30. The molecule has 6 heteroatoms. The first kappa shape index (κ1) is 12.4. The van der Waals surface area contributed by atoms with E-state index < -0.39 is 27.4 Å². The maximum atomic E-state index is 11.6. The minimum absolute atomic E-state index is 0.434. The molecule has 4 aliphatic rings. The molecule has 0 aromatic carbocycles. The molecule has 1 N–H and O–H groups in total. The molecule has 0 radical (unpaired) electrons. The molecule has 4 saturated carbocycles. The van der Waals surface area contributed by atoms with Crippen LogP contribution in [0.3, 0.4) is 0 Å². The van der Waals surface area contributed by atoms with E-state index in [0.717, 1.165) is 19.3 Å². The van der Waals surface area contributed by atoms with Crippen molar-refractivity contribution in [1.82, 2.24) is 0 Å². The van der Waals surface area contributed by atoms with Gasteiger partial charge >= 0.3 is 5.97 Å². The van der Waals surface area contributed by atoms with Crippen molar-refractivity contribution >= 4 is 16.1 Å². The molecule has 4 bridgehead atoms. The maximum Gasteiger partial charge on any atom is 0.324 e. The highest BCUT2D eigenvalue weighted by atomic mass is 32.2. The molecular weight excluding hydrogens is 256 g/mol. The van der Waals surface area contributed by atoms with Crippen LogP contribution in [0.5, 0.6) is 0 Å². The van der Waals surface area contributed by atoms with Gasteiger partial charge in [0.2, 0.25) is 0 Å². The Morgan fingerprint density at radius 3 is 1.94 bits per heavy atom. The van der Waals surface area contributed by atoms with Crippen LogP contribution in [0.2, 0.25) is 0 Å². The third-order valence-corrected chi connectivity index (χ3v) is 5.21. The van der Waals surface area contributed by atoms with E-state index in [4.69, 9.17) is 9.29 Å². The van der Waals surface area contributed by atoms with Crippen LogP contribution in [-0.4, -0.2) is 30.3 Å². The molecule has 102 valence electrons. The van der Waals surface area contributed by atoms with Crippen LogP contribution in [0.15, 0.2) is 0 Å². The van der Waals surface area contributed by atoms with Gasteiger partial charge in [-0.25, -0.2) is 0 Å². The normalized spacial score (nSPS) is 41.9. The number of esters is 1. The highest BCUT2D eigenvalue weighted by Crippen LogP contribution is 2.57. The third-order valence-electron chi connectivity index (χ3n) is 4.61. The van der Waals surface area contributed by atoms with E-state index in [-0.39, 0.29) is 0 Å². The zero-order chi connectivity index (χ0) is 13.0. The second kappa shape index (κ2) is 3.93. The zero-order valence-electron chi connectivity index (χ0n) is 10.2. The van der Waals surface area contributed by atoms with E-state index in [1.165, 1.54) is 19.3 Å². The molecule has 5 nitrogen and oxygen atoms in total. The van der Waals surface area contributed by atoms with E-state index in [2.05, 4.69) is 0 Å². The summed E-state index contributed by atoms with van der Waals surface area (Å²) in [5, 5.41) is 0. The summed E-state index contributed by atoms with van der Waals surface area (Å²) >= 11 is 0. The first-order valence-electron chi connectivity index (χ1n) is 6.51. The predicted molar refractivity (Wildman–Crippen MR) is 63.4 cm³/mol. The molecule has 0 saturated heterocycles. The average molecular weight is 274 g/mol. The van der Waals surface area contributed by atoms with Crippen molar-refractivity contribution in [2.75, 3.05) is 5.75 Å². The fraction of sp³-hybridized carbons (Fsp3) is 0.917. The van der Waals surface area contributed by atoms with Crippen molar-refractivity contribution in [2.45, 2.75) is 44.1 Å². The largest absolute Gasteiger partial charge is 0.458 e. The van der Waals surface area contributed by atoms with Crippen LogP contribution in [0.4, 0.5) is 0 Å². The molecule has 0 aliphatic heterocycles. The summed E-state index contributed by atoms with van der Waals surface area (Å²) in [7, 11) is -4.28. The Labute approximate surface area is 107 Å². The maximum absolute atomic E-state index is 11.6. The SMILES string of the molecule is O=C(CS(=O)(=O)O)OC12CC3CC(CC(C3)C1)C2. The molecule has 18 heavy (non-hydrogen) atoms.